The molecule has 0 unspecified atom stereocenters. The topological polar surface area (TPSA) is 66.8 Å². The number of rotatable bonds is 6. The Morgan fingerprint density at radius 1 is 0.900 bits per heavy atom. The number of carbonyl (C=O) groups excluding carboxylic acids is 1. The van der Waals surface area contributed by atoms with Crippen LogP contribution in [0.2, 0.25) is 0 Å². The highest BCUT2D eigenvalue weighted by molar-refractivity contribution is 6.08. The number of hydrogen-bond acceptors (Lipinski definition) is 4. The number of benzene rings is 2. The van der Waals surface area contributed by atoms with Crippen molar-refractivity contribution in [3.05, 3.63) is 65.7 Å². The molecule has 104 valence electrons. The van der Waals surface area contributed by atoms with Crippen molar-refractivity contribution in [1.29, 1.82) is 0 Å². The van der Waals surface area contributed by atoms with E-state index in [0.717, 1.165) is 0 Å². The molecule has 0 saturated heterocycles. The van der Waals surface area contributed by atoms with E-state index in [1.54, 1.807) is 36.4 Å². The highest BCUT2D eigenvalue weighted by atomic mass is 16.5. The van der Waals surface area contributed by atoms with Crippen LogP contribution < -0.4 is 4.74 Å². The first-order valence-electron chi connectivity index (χ1n) is 6.32. The third-order valence-corrected chi connectivity index (χ3v) is 2.86. The summed E-state index contributed by atoms with van der Waals surface area (Å²) in [5.41, 5.74) is 1.19. The molecule has 0 amide bonds. The van der Waals surface area contributed by atoms with Gasteiger partial charge in [0.1, 0.15) is 11.9 Å². The highest BCUT2D eigenvalue weighted by Gasteiger charge is 2.10. The van der Waals surface area contributed by atoms with Crippen molar-refractivity contribution in [2.75, 3.05) is 13.2 Å². The minimum atomic E-state index is -0.648. The molecule has 0 aliphatic carbocycles. The van der Waals surface area contributed by atoms with E-state index in [-0.39, 0.29) is 19.0 Å². The molecule has 4 heteroatoms. The molecule has 4 nitrogen and oxygen atoms in total. The quantitative estimate of drug-likeness (QED) is 0.785. The largest absolute Gasteiger partial charge is 0.486 e. The molecule has 0 aliphatic rings. The molecule has 0 saturated carbocycles. The zero-order chi connectivity index (χ0) is 14.4. The summed E-state index contributed by atoms with van der Waals surface area (Å²) in [4.78, 5) is 12.2. The summed E-state index contributed by atoms with van der Waals surface area (Å²) < 4.78 is 5.34. The van der Waals surface area contributed by atoms with E-state index in [9.17, 15) is 4.79 Å². The molecule has 0 fully saturated rings. The predicted octanol–water partition coefficient (Wildman–Crippen LogP) is 1.65. The minimum Gasteiger partial charge on any atom is -0.486 e. The monoisotopic (exact) mass is 272 g/mol. The summed E-state index contributed by atoms with van der Waals surface area (Å²) in [5.74, 6) is 0.445. The Kier molecular flexibility index (Phi) is 4.87. The van der Waals surface area contributed by atoms with Gasteiger partial charge in [0.25, 0.3) is 0 Å². The lowest BCUT2D eigenvalue weighted by Crippen LogP contribution is -2.25. The van der Waals surface area contributed by atoms with E-state index in [4.69, 9.17) is 14.9 Å². The van der Waals surface area contributed by atoms with Crippen molar-refractivity contribution in [3.8, 4) is 5.75 Å². The lowest BCUT2D eigenvalue weighted by atomic mass is 10.0. The van der Waals surface area contributed by atoms with Gasteiger partial charge in [0.05, 0.1) is 13.2 Å². The Balaban J connectivity index is 2.10. The first kappa shape index (κ1) is 14.2. The number of carbonyl (C=O) groups is 1. The van der Waals surface area contributed by atoms with Gasteiger partial charge in [0.2, 0.25) is 0 Å². The third-order valence-electron chi connectivity index (χ3n) is 2.86. The second-order valence-corrected chi connectivity index (χ2v) is 4.32. The summed E-state index contributed by atoms with van der Waals surface area (Å²) in [7, 11) is 0. The minimum absolute atomic E-state index is 0.0574. The fourth-order valence-corrected chi connectivity index (χ4v) is 1.77. The van der Waals surface area contributed by atoms with Crippen LogP contribution in [-0.4, -0.2) is 35.3 Å². The van der Waals surface area contributed by atoms with Gasteiger partial charge in [-0.25, -0.2) is 0 Å². The average molecular weight is 272 g/mol. The van der Waals surface area contributed by atoms with Gasteiger partial charge in [-0.15, -0.1) is 0 Å². The Bertz CT molecular complexity index is 544. The fourth-order valence-electron chi connectivity index (χ4n) is 1.77. The summed E-state index contributed by atoms with van der Waals surface area (Å²) >= 11 is 0. The highest BCUT2D eigenvalue weighted by Crippen LogP contribution is 2.16. The van der Waals surface area contributed by atoms with Crippen molar-refractivity contribution in [2.24, 2.45) is 0 Å². The normalized spacial score (nSPS) is 10.6. The van der Waals surface area contributed by atoms with Crippen molar-refractivity contribution < 1.29 is 19.7 Å². The third kappa shape index (κ3) is 3.44. The standard InChI is InChI=1S/C16H16O4/c17-10-15(11-18)20-14-8-6-13(7-9-14)16(19)12-4-2-1-3-5-12/h1-9,15,17-18H,10-11H2. The van der Waals surface area contributed by atoms with Gasteiger partial charge in [-0.05, 0) is 24.3 Å². The van der Waals surface area contributed by atoms with Crippen molar-refractivity contribution in [2.45, 2.75) is 6.10 Å². The second kappa shape index (κ2) is 6.84. The van der Waals surface area contributed by atoms with Crippen LogP contribution in [0.3, 0.4) is 0 Å². The van der Waals surface area contributed by atoms with Crippen LogP contribution in [0.1, 0.15) is 15.9 Å². The zero-order valence-corrected chi connectivity index (χ0v) is 10.9. The van der Waals surface area contributed by atoms with Gasteiger partial charge in [-0.3, -0.25) is 4.79 Å². The molecular weight excluding hydrogens is 256 g/mol. The van der Waals surface area contributed by atoms with Crippen molar-refractivity contribution in [3.63, 3.8) is 0 Å². The molecule has 0 bridgehead atoms. The van der Waals surface area contributed by atoms with E-state index in [0.29, 0.717) is 16.9 Å². The number of aliphatic hydroxyl groups is 2. The molecule has 0 aromatic heterocycles. The molecule has 2 aromatic carbocycles. The summed E-state index contributed by atoms with van der Waals surface area (Å²) in [6, 6.07) is 15.6. The zero-order valence-electron chi connectivity index (χ0n) is 10.9. The average Bonchev–Trinajstić information content (AvgIpc) is 2.53. The Hall–Kier alpha value is -2.17. The fraction of sp³-hybridized carbons (Fsp3) is 0.188. The number of ether oxygens (including phenoxy) is 1. The maximum absolute atomic E-state index is 12.2. The SMILES string of the molecule is O=C(c1ccccc1)c1ccc(OC(CO)CO)cc1. The van der Waals surface area contributed by atoms with E-state index < -0.39 is 6.10 Å². The molecule has 20 heavy (non-hydrogen) atoms. The Morgan fingerprint density at radius 2 is 1.45 bits per heavy atom. The van der Waals surface area contributed by atoms with Gasteiger partial charge < -0.3 is 14.9 Å². The first-order chi connectivity index (χ1) is 9.74. The van der Waals surface area contributed by atoms with Crippen LogP contribution in [-0.2, 0) is 0 Å². The van der Waals surface area contributed by atoms with Crippen molar-refractivity contribution >= 4 is 5.78 Å². The van der Waals surface area contributed by atoms with E-state index in [1.165, 1.54) is 0 Å². The van der Waals surface area contributed by atoms with Crippen LogP contribution >= 0.6 is 0 Å². The van der Waals surface area contributed by atoms with Crippen LogP contribution in [0.15, 0.2) is 54.6 Å². The molecular formula is C16H16O4. The Morgan fingerprint density at radius 3 is 2.00 bits per heavy atom. The molecule has 2 N–H and O–H groups in total. The maximum Gasteiger partial charge on any atom is 0.193 e. The van der Waals surface area contributed by atoms with Gasteiger partial charge in [-0.2, -0.15) is 0 Å². The summed E-state index contributed by atoms with van der Waals surface area (Å²) in [6.07, 6.45) is -0.648. The number of ketones is 1. The van der Waals surface area contributed by atoms with Crippen LogP contribution in [0.25, 0.3) is 0 Å². The van der Waals surface area contributed by atoms with Gasteiger partial charge >= 0.3 is 0 Å². The number of hydrogen-bond donors (Lipinski definition) is 2. The molecule has 0 atom stereocenters. The van der Waals surface area contributed by atoms with Crippen LogP contribution in [0.4, 0.5) is 0 Å². The summed E-state index contributed by atoms with van der Waals surface area (Å²) in [5, 5.41) is 17.9. The van der Waals surface area contributed by atoms with Gasteiger partial charge in [0, 0.05) is 11.1 Å². The first-order valence-corrected chi connectivity index (χ1v) is 6.32. The van der Waals surface area contributed by atoms with E-state index in [1.807, 2.05) is 18.2 Å². The van der Waals surface area contributed by atoms with Crippen LogP contribution in [0, 0.1) is 0 Å². The predicted molar refractivity (Wildman–Crippen MR) is 74.9 cm³/mol. The van der Waals surface area contributed by atoms with Crippen LogP contribution in [0.5, 0.6) is 5.75 Å². The molecule has 2 rings (SSSR count). The van der Waals surface area contributed by atoms with Crippen molar-refractivity contribution in [1.82, 2.24) is 0 Å². The molecule has 0 spiro atoms. The number of aliphatic hydroxyl groups excluding tert-OH is 2. The maximum atomic E-state index is 12.2. The molecule has 0 heterocycles. The lowest BCUT2D eigenvalue weighted by molar-refractivity contribution is 0.0629. The molecule has 2 aromatic rings. The summed E-state index contributed by atoms with van der Waals surface area (Å²) in [6.45, 7) is -0.525. The second-order valence-electron chi connectivity index (χ2n) is 4.32. The van der Waals surface area contributed by atoms with Gasteiger partial charge in [0.15, 0.2) is 5.78 Å². The Labute approximate surface area is 117 Å². The van der Waals surface area contributed by atoms with E-state index >= 15 is 0 Å². The molecule has 0 radical (unpaired) electrons. The molecule has 0 aliphatic heterocycles. The van der Waals surface area contributed by atoms with E-state index in [2.05, 4.69) is 0 Å². The smallest absolute Gasteiger partial charge is 0.193 e. The lowest BCUT2D eigenvalue weighted by Gasteiger charge is -2.14. The van der Waals surface area contributed by atoms with Gasteiger partial charge in [-0.1, -0.05) is 30.3 Å².